The van der Waals surface area contributed by atoms with Crippen LogP contribution in [0, 0.1) is 12.7 Å². The number of carbonyl (C=O) groups excluding carboxylic acids is 1. The van der Waals surface area contributed by atoms with Crippen LogP contribution in [0.3, 0.4) is 0 Å². The van der Waals surface area contributed by atoms with Crippen molar-refractivity contribution in [3.63, 3.8) is 0 Å². The SMILES string of the molecule is Cc1cc(F)ccc1[C@H]1C/C(=N/S(=O)C(C)(C)C)CCN1C(=O)N(C)[C@H](C)c1cc(C(F)(F)F)cc(C(F)(F)F)c1. The molecule has 1 aliphatic rings. The van der Waals surface area contributed by atoms with Gasteiger partial charge in [-0.1, -0.05) is 6.07 Å². The Balaban J connectivity index is 2.00. The van der Waals surface area contributed by atoms with Crippen LogP contribution in [0.1, 0.15) is 80.4 Å². The van der Waals surface area contributed by atoms with Crippen molar-refractivity contribution < 1.29 is 39.7 Å². The monoisotopic (exact) mass is 607 g/mol. The Morgan fingerprint density at radius 3 is 2.07 bits per heavy atom. The third-order valence-corrected chi connectivity index (χ3v) is 8.47. The van der Waals surface area contributed by atoms with Crippen molar-refractivity contribution in [2.75, 3.05) is 13.6 Å². The molecule has 1 heterocycles. The second kappa shape index (κ2) is 11.7. The first-order chi connectivity index (χ1) is 18.7. The fourth-order valence-corrected chi connectivity index (χ4v) is 5.18. The molecule has 0 spiro atoms. The van der Waals surface area contributed by atoms with E-state index in [1.54, 1.807) is 27.7 Å². The molecule has 1 fully saturated rings. The number of alkyl halides is 6. The van der Waals surface area contributed by atoms with Crippen LogP contribution < -0.4 is 0 Å². The lowest BCUT2D eigenvalue weighted by Crippen LogP contribution is -2.48. The van der Waals surface area contributed by atoms with Crippen LogP contribution in [-0.4, -0.2) is 44.1 Å². The van der Waals surface area contributed by atoms with Crippen LogP contribution in [0.25, 0.3) is 0 Å². The fraction of sp³-hybridized carbons (Fsp3) is 0.500. The van der Waals surface area contributed by atoms with E-state index in [4.69, 9.17) is 0 Å². The van der Waals surface area contributed by atoms with E-state index in [0.717, 1.165) is 4.90 Å². The highest BCUT2D eigenvalue weighted by Crippen LogP contribution is 2.39. The summed E-state index contributed by atoms with van der Waals surface area (Å²) in [7, 11) is -0.268. The van der Waals surface area contributed by atoms with Crippen LogP contribution in [0.15, 0.2) is 40.8 Å². The minimum Gasteiger partial charge on any atom is -0.321 e. The normalized spacial score (nSPS) is 19.3. The lowest BCUT2D eigenvalue weighted by molar-refractivity contribution is -0.143. The zero-order valence-corrected chi connectivity index (χ0v) is 24.3. The maximum atomic E-state index is 13.9. The molecule has 226 valence electrons. The van der Waals surface area contributed by atoms with E-state index >= 15 is 0 Å². The number of amides is 2. The number of piperidine rings is 1. The summed E-state index contributed by atoms with van der Waals surface area (Å²) in [5, 5.41) is 0. The number of hydrogen-bond donors (Lipinski definition) is 0. The van der Waals surface area contributed by atoms with E-state index in [1.807, 2.05) is 0 Å². The van der Waals surface area contributed by atoms with Crippen molar-refractivity contribution in [2.45, 2.75) is 76.6 Å². The van der Waals surface area contributed by atoms with Gasteiger partial charge in [0.25, 0.3) is 0 Å². The van der Waals surface area contributed by atoms with E-state index in [9.17, 15) is 39.7 Å². The summed E-state index contributed by atoms with van der Waals surface area (Å²) in [4.78, 5) is 16.3. The van der Waals surface area contributed by atoms with Crippen LogP contribution in [0.2, 0.25) is 0 Å². The van der Waals surface area contributed by atoms with E-state index in [0.29, 0.717) is 29.0 Å². The molecule has 1 unspecified atom stereocenters. The van der Waals surface area contributed by atoms with Crippen molar-refractivity contribution in [3.05, 3.63) is 70.0 Å². The summed E-state index contributed by atoms with van der Waals surface area (Å²) in [5.74, 6) is -0.488. The van der Waals surface area contributed by atoms with Gasteiger partial charge in [-0.15, -0.1) is 0 Å². The molecule has 0 saturated carbocycles. The third-order valence-electron chi connectivity index (χ3n) is 6.99. The summed E-state index contributed by atoms with van der Waals surface area (Å²) in [6.07, 6.45) is -9.63. The van der Waals surface area contributed by atoms with Crippen LogP contribution in [0.4, 0.5) is 35.5 Å². The zero-order valence-electron chi connectivity index (χ0n) is 23.5. The first kappa shape index (κ1) is 32.6. The van der Waals surface area contributed by atoms with E-state index < -0.39 is 63.1 Å². The van der Waals surface area contributed by atoms with Gasteiger partial charge >= 0.3 is 18.4 Å². The van der Waals surface area contributed by atoms with Gasteiger partial charge in [0.2, 0.25) is 0 Å². The molecule has 3 rings (SSSR count). The Labute approximate surface area is 237 Å². The third kappa shape index (κ3) is 7.66. The Hall–Kier alpha value is -2.96. The Kier molecular flexibility index (Phi) is 9.31. The minimum atomic E-state index is -5.03. The van der Waals surface area contributed by atoms with E-state index in [-0.39, 0.29) is 31.0 Å². The number of aryl methyl sites for hydroxylation is 1. The smallest absolute Gasteiger partial charge is 0.321 e. The molecule has 0 aliphatic carbocycles. The standard InChI is InChI=1S/C28H32F7N3O2S/c1-16-11-21(29)7-8-23(16)24-15-22(36-41(40)26(3,4)5)9-10-38(24)25(39)37(6)17(2)18-12-19(27(30,31)32)14-20(13-18)28(33,34)35/h7-8,11-14,17,24H,9-10,15H2,1-6H3/b36-22+/t17-,24-,41?/m1/s1. The predicted octanol–water partition coefficient (Wildman–Crippen LogP) is 8.02. The lowest BCUT2D eigenvalue weighted by atomic mass is 9.91. The maximum Gasteiger partial charge on any atom is 0.416 e. The first-order valence-corrected chi connectivity index (χ1v) is 13.9. The van der Waals surface area contributed by atoms with Crippen LogP contribution in [-0.2, 0) is 23.3 Å². The number of likely N-dealkylation sites (tertiary alicyclic amines) is 1. The summed E-state index contributed by atoms with van der Waals surface area (Å²) in [6, 6.07) is 2.81. The second-order valence-electron chi connectivity index (χ2n) is 11.1. The molecule has 3 atom stereocenters. The summed E-state index contributed by atoms with van der Waals surface area (Å²) in [5.41, 5.74) is -1.57. The minimum absolute atomic E-state index is 0.0401. The van der Waals surface area contributed by atoms with Crippen molar-refractivity contribution in [3.8, 4) is 0 Å². The number of carbonyl (C=O) groups is 1. The molecule has 0 radical (unpaired) electrons. The van der Waals surface area contributed by atoms with Gasteiger partial charge in [-0.2, -0.15) is 30.7 Å². The highest BCUT2D eigenvalue weighted by molar-refractivity contribution is 7.85. The quantitative estimate of drug-likeness (QED) is 0.331. The molecular weight excluding hydrogens is 575 g/mol. The number of benzene rings is 2. The summed E-state index contributed by atoms with van der Waals surface area (Å²) < 4.78 is 111. The van der Waals surface area contributed by atoms with E-state index in [1.165, 1.54) is 37.1 Å². The van der Waals surface area contributed by atoms with Gasteiger partial charge < -0.3 is 9.80 Å². The van der Waals surface area contributed by atoms with Gasteiger partial charge in [0.15, 0.2) is 0 Å². The molecule has 2 aromatic carbocycles. The molecule has 0 N–H and O–H groups in total. The molecule has 0 bridgehead atoms. The van der Waals surface area contributed by atoms with Gasteiger partial charge in [-0.25, -0.2) is 13.4 Å². The van der Waals surface area contributed by atoms with Crippen molar-refractivity contribution >= 4 is 22.7 Å². The van der Waals surface area contributed by atoms with Gasteiger partial charge in [0.05, 0.1) is 28.0 Å². The highest BCUT2D eigenvalue weighted by atomic mass is 32.2. The zero-order chi connectivity index (χ0) is 31.1. The molecule has 2 amide bonds. The Bertz CT molecular complexity index is 1320. The Morgan fingerprint density at radius 1 is 1.02 bits per heavy atom. The van der Waals surface area contributed by atoms with Gasteiger partial charge in [0, 0.05) is 32.1 Å². The van der Waals surface area contributed by atoms with Crippen LogP contribution in [0.5, 0.6) is 0 Å². The number of halogens is 7. The summed E-state index contributed by atoms with van der Waals surface area (Å²) in [6.45, 7) is 8.39. The summed E-state index contributed by atoms with van der Waals surface area (Å²) >= 11 is 0. The van der Waals surface area contributed by atoms with Crippen molar-refractivity contribution in [2.24, 2.45) is 4.40 Å². The molecule has 41 heavy (non-hydrogen) atoms. The number of rotatable bonds is 4. The topological polar surface area (TPSA) is 53.0 Å². The molecule has 2 aromatic rings. The molecule has 0 aromatic heterocycles. The number of hydrogen-bond acceptors (Lipinski definition) is 2. The van der Waals surface area contributed by atoms with Gasteiger partial charge in [-0.05, 0) is 81.6 Å². The second-order valence-corrected chi connectivity index (χ2v) is 13.0. The lowest BCUT2D eigenvalue weighted by Gasteiger charge is -2.41. The first-order valence-electron chi connectivity index (χ1n) is 12.8. The molecular formula is C28H32F7N3O2S. The Morgan fingerprint density at radius 2 is 1.59 bits per heavy atom. The number of urea groups is 1. The van der Waals surface area contributed by atoms with Crippen molar-refractivity contribution in [1.82, 2.24) is 9.80 Å². The molecule has 1 aliphatic heterocycles. The average molecular weight is 608 g/mol. The predicted molar refractivity (Wildman–Crippen MR) is 143 cm³/mol. The van der Waals surface area contributed by atoms with Gasteiger partial charge in [0.1, 0.15) is 16.8 Å². The average Bonchev–Trinajstić information content (AvgIpc) is 2.85. The van der Waals surface area contributed by atoms with Gasteiger partial charge in [-0.3, -0.25) is 0 Å². The maximum absolute atomic E-state index is 13.9. The van der Waals surface area contributed by atoms with Crippen molar-refractivity contribution in [1.29, 1.82) is 0 Å². The molecule has 5 nitrogen and oxygen atoms in total. The largest absolute Gasteiger partial charge is 0.416 e. The molecule has 13 heteroatoms. The fourth-order valence-electron chi connectivity index (χ4n) is 4.51. The van der Waals surface area contributed by atoms with E-state index in [2.05, 4.69) is 4.40 Å². The number of nitrogens with zero attached hydrogens (tertiary/aromatic N) is 3. The van der Waals surface area contributed by atoms with Crippen LogP contribution >= 0.6 is 0 Å². The highest BCUT2D eigenvalue weighted by Gasteiger charge is 2.39. The molecule has 1 saturated heterocycles.